The van der Waals surface area contributed by atoms with E-state index in [2.05, 4.69) is 13.2 Å². The fraction of sp³-hybridized carbons (Fsp3) is 0.214. The minimum Gasteiger partial charge on any atom is -0.334 e. The molecule has 1 amide bonds. The Morgan fingerprint density at radius 3 is 2.24 bits per heavy atom. The first-order valence-electron chi connectivity index (χ1n) is 5.51. The summed E-state index contributed by atoms with van der Waals surface area (Å²) >= 11 is 0. The van der Waals surface area contributed by atoms with E-state index in [9.17, 15) is 4.79 Å². The number of hydrogen-bond donors (Lipinski definition) is 1. The number of hydrogen-bond acceptors (Lipinski definition) is 2. The summed E-state index contributed by atoms with van der Waals surface area (Å²) in [6.45, 7) is 8.21. The van der Waals surface area contributed by atoms with Crippen LogP contribution in [0.4, 0.5) is 0 Å². The highest BCUT2D eigenvalue weighted by atomic mass is 16.2. The normalized spacial score (nSPS) is 11.6. The number of benzene rings is 1. The molecular formula is C14H18N2O. The van der Waals surface area contributed by atoms with Crippen molar-refractivity contribution in [3.8, 4) is 0 Å². The van der Waals surface area contributed by atoms with Gasteiger partial charge in [0.25, 0.3) is 0 Å². The van der Waals surface area contributed by atoms with Gasteiger partial charge in [-0.25, -0.2) is 0 Å². The Hall–Kier alpha value is -1.87. The summed E-state index contributed by atoms with van der Waals surface area (Å²) in [5.41, 5.74) is 6.76. The number of nitrogens with zero attached hydrogens (tertiary/aromatic N) is 1. The van der Waals surface area contributed by atoms with Gasteiger partial charge >= 0.3 is 0 Å². The molecule has 0 fully saturated rings. The highest BCUT2D eigenvalue weighted by molar-refractivity contribution is 5.83. The molecule has 0 saturated carbocycles. The van der Waals surface area contributed by atoms with Crippen LogP contribution < -0.4 is 5.73 Å². The Balaban J connectivity index is 2.79. The standard InChI is InChI=1S/C14H18N2O/c1-3-10-16(11-4-2)14(17)13(15)12-8-6-5-7-9-12/h3-9,13H,1-2,10-11,15H2. The maximum atomic E-state index is 12.1. The molecular weight excluding hydrogens is 212 g/mol. The molecule has 1 rings (SSSR count). The Labute approximate surface area is 102 Å². The van der Waals surface area contributed by atoms with Crippen LogP contribution in [0.15, 0.2) is 55.6 Å². The van der Waals surface area contributed by atoms with Gasteiger partial charge in [0.1, 0.15) is 6.04 Å². The van der Waals surface area contributed by atoms with Crippen molar-refractivity contribution in [2.24, 2.45) is 5.73 Å². The molecule has 0 bridgehead atoms. The van der Waals surface area contributed by atoms with Gasteiger partial charge in [0.05, 0.1) is 0 Å². The van der Waals surface area contributed by atoms with E-state index in [-0.39, 0.29) is 5.91 Å². The lowest BCUT2D eigenvalue weighted by Crippen LogP contribution is -2.38. The van der Waals surface area contributed by atoms with E-state index >= 15 is 0 Å². The first-order valence-corrected chi connectivity index (χ1v) is 5.51. The van der Waals surface area contributed by atoms with E-state index in [1.54, 1.807) is 17.1 Å². The average molecular weight is 230 g/mol. The van der Waals surface area contributed by atoms with E-state index in [1.807, 2.05) is 30.3 Å². The van der Waals surface area contributed by atoms with Crippen LogP contribution in [0, 0.1) is 0 Å². The minimum atomic E-state index is -0.629. The van der Waals surface area contributed by atoms with Gasteiger partial charge in [0, 0.05) is 13.1 Å². The molecule has 1 aromatic rings. The Morgan fingerprint density at radius 2 is 1.76 bits per heavy atom. The third-order valence-corrected chi connectivity index (χ3v) is 2.44. The van der Waals surface area contributed by atoms with Crippen molar-refractivity contribution in [3.05, 3.63) is 61.2 Å². The van der Waals surface area contributed by atoms with E-state index in [0.717, 1.165) is 5.56 Å². The molecule has 0 heterocycles. The predicted molar refractivity (Wildman–Crippen MR) is 70.3 cm³/mol. The fourth-order valence-corrected chi connectivity index (χ4v) is 1.57. The molecule has 90 valence electrons. The van der Waals surface area contributed by atoms with Crippen molar-refractivity contribution < 1.29 is 4.79 Å². The summed E-state index contributed by atoms with van der Waals surface area (Å²) in [6.07, 6.45) is 3.36. The molecule has 0 spiro atoms. The fourth-order valence-electron chi connectivity index (χ4n) is 1.57. The average Bonchev–Trinajstić information content (AvgIpc) is 2.38. The van der Waals surface area contributed by atoms with Crippen LogP contribution in [0.3, 0.4) is 0 Å². The van der Waals surface area contributed by atoms with E-state index in [0.29, 0.717) is 13.1 Å². The molecule has 0 aliphatic carbocycles. The second-order valence-electron chi connectivity index (χ2n) is 3.71. The van der Waals surface area contributed by atoms with Crippen LogP contribution in [-0.2, 0) is 4.79 Å². The van der Waals surface area contributed by atoms with Gasteiger partial charge in [0.2, 0.25) is 5.91 Å². The van der Waals surface area contributed by atoms with Crippen LogP contribution in [0.5, 0.6) is 0 Å². The minimum absolute atomic E-state index is 0.115. The van der Waals surface area contributed by atoms with Crippen molar-refractivity contribution in [2.75, 3.05) is 13.1 Å². The topological polar surface area (TPSA) is 46.3 Å². The second kappa shape index (κ2) is 6.66. The van der Waals surface area contributed by atoms with Crippen LogP contribution in [0.25, 0.3) is 0 Å². The maximum absolute atomic E-state index is 12.1. The molecule has 2 N–H and O–H groups in total. The van der Waals surface area contributed by atoms with Crippen molar-refractivity contribution in [2.45, 2.75) is 6.04 Å². The molecule has 1 unspecified atom stereocenters. The summed E-state index contributed by atoms with van der Waals surface area (Å²) in [6, 6.07) is 8.70. The van der Waals surface area contributed by atoms with Gasteiger partial charge in [-0.15, -0.1) is 13.2 Å². The number of nitrogens with two attached hydrogens (primary N) is 1. The summed E-state index contributed by atoms with van der Waals surface area (Å²) in [7, 11) is 0. The van der Waals surface area contributed by atoms with Gasteiger partial charge in [-0.3, -0.25) is 4.79 Å². The number of carbonyl (C=O) groups is 1. The SMILES string of the molecule is C=CCN(CC=C)C(=O)C(N)c1ccccc1. The lowest BCUT2D eigenvalue weighted by molar-refractivity contribution is -0.131. The highest BCUT2D eigenvalue weighted by Gasteiger charge is 2.20. The highest BCUT2D eigenvalue weighted by Crippen LogP contribution is 2.12. The summed E-state index contributed by atoms with van der Waals surface area (Å²) in [4.78, 5) is 13.8. The number of rotatable bonds is 6. The van der Waals surface area contributed by atoms with Gasteiger partial charge < -0.3 is 10.6 Å². The zero-order valence-electron chi connectivity index (χ0n) is 9.88. The monoisotopic (exact) mass is 230 g/mol. The molecule has 3 nitrogen and oxygen atoms in total. The van der Waals surface area contributed by atoms with Crippen LogP contribution in [0.2, 0.25) is 0 Å². The van der Waals surface area contributed by atoms with Crippen molar-refractivity contribution in [1.82, 2.24) is 4.90 Å². The predicted octanol–water partition coefficient (Wildman–Crippen LogP) is 1.89. The van der Waals surface area contributed by atoms with Gasteiger partial charge in [-0.1, -0.05) is 42.5 Å². The summed E-state index contributed by atoms with van der Waals surface area (Å²) < 4.78 is 0. The summed E-state index contributed by atoms with van der Waals surface area (Å²) in [5, 5.41) is 0. The first-order chi connectivity index (χ1) is 8.20. The molecule has 0 radical (unpaired) electrons. The quantitative estimate of drug-likeness (QED) is 0.758. The van der Waals surface area contributed by atoms with Crippen LogP contribution in [0.1, 0.15) is 11.6 Å². The molecule has 17 heavy (non-hydrogen) atoms. The van der Waals surface area contributed by atoms with E-state index in [4.69, 9.17) is 5.73 Å². The lowest BCUT2D eigenvalue weighted by Gasteiger charge is -2.23. The van der Waals surface area contributed by atoms with E-state index in [1.165, 1.54) is 0 Å². The van der Waals surface area contributed by atoms with Crippen molar-refractivity contribution in [1.29, 1.82) is 0 Å². The number of carbonyl (C=O) groups excluding carboxylic acids is 1. The smallest absolute Gasteiger partial charge is 0.244 e. The largest absolute Gasteiger partial charge is 0.334 e. The molecule has 0 aliphatic rings. The maximum Gasteiger partial charge on any atom is 0.244 e. The van der Waals surface area contributed by atoms with Crippen molar-refractivity contribution in [3.63, 3.8) is 0 Å². The molecule has 0 aromatic heterocycles. The Bertz CT molecular complexity index is 376. The molecule has 1 aromatic carbocycles. The van der Waals surface area contributed by atoms with Crippen LogP contribution in [-0.4, -0.2) is 23.9 Å². The lowest BCUT2D eigenvalue weighted by atomic mass is 10.1. The van der Waals surface area contributed by atoms with Crippen molar-refractivity contribution >= 4 is 5.91 Å². The molecule has 3 heteroatoms. The Morgan fingerprint density at radius 1 is 1.24 bits per heavy atom. The van der Waals surface area contributed by atoms with Gasteiger partial charge in [-0.05, 0) is 5.56 Å². The third kappa shape index (κ3) is 3.57. The molecule has 0 saturated heterocycles. The van der Waals surface area contributed by atoms with Crippen LogP contribution >= 0.6 is 0 Å². The second-order valence-corrected chi connectivity index (χ2v) is 3.71. The Kier molecular flexibility index (Phi) is 5.17. The third-order valence-electron chi connectivity index (χ3n) is 2.44. The van der Waals surface area contributed by atoms with Gasteiger partial charge in [0.15, 0.2) is 0 Å². The van der Waals surface area contributed by atoms with Gasteiger partial charge in [-0.2, -0.15) is 0 Å². The first kappa shape index (κ1) is 13.2. The molecule has 1 atom stereocenters. The number of amides is 1. The van der Waals surface area contributed by atoms with E-state index < -0.39 is 6.04 Å². The zero-order chi connectivity index (χ0) is 12.7. The zero-order valence-corrected chi connectivity index (χ0v) is 9.88. The summed E-state index contributed by atoms with van der Waals surface area (Å²) in [5.74, 6) is -0.115. The molecule has 0 aliphatic heterocycles.